The van der Waals surface area contributed by atoms with Crippen LogP contribution in [0.5, 0.6) is 0 Å². The minimum absolute atomic E-state index is 0.00421. The summed E-state index contributed by atoms with van der Waals surface area (Å²) in [6, 6.07) is 4.25. The Morgan fingerprint density at radius 3 is 3.12 bits per heavy atom. The first kappa shape index (κ1) is 17.7. The lowest BCUT2D eigenvalue weighted by molar-refractivity contribution is -0.147. The van der Waals surface area contributed by atoms with Gasteiger partial charge < -0.3 is 14.4 Å². The van der Waals surface area contributed by atoms with E-state index in [1.807, 2.05) is 18.3 Å². The van der Waals surface area contributed by atoms with Gasteiger partial charge in [-0.05, 0) is 43.7 Å². The SMILES string of the molecule is O=C(CCc1cccnc1)N1CCC[C@@]2(C3=CCOCC3)COCC[C@H]12. The lowest BCUT2D eigenvalue weighted by Gasteiger charge is -2.54. The average Bonchev–Trinajstić information content (AvgIpc) is 2.73. The quantitative estimate of drug-likeness (QED) is 0.779. The Bertz CT molecular complexity index is 656. The summed E-state index contributed by atoms with van der Waals surface area (Å²) in [5, 5.41) is 0. The first-order chi connectivity index (χ1) is 12.8. The van der Waals surface area contributed by atoms with Crippen molar-refractivity contribution >= 4 is 5.91 Å². The summed E-state index contributed by atoms with van der Waals surface area (Å²) in [6.07, 6.45) is 11.3. The van der Waals surface area contributed by atoms with Crippen LogP contribution in [0.4, 0.5) is 0 Å². The number of likely N-dealkylation sites (tertiary alicyclic amines) is 1. The number of amides is 1. The highest BCUT2D eigenvalue weighted by Crippen LogP contribution is 2.48. The predicted octanol–water partition coefficient (Wildman–Crippen LogP) is 2.76. The number of carbonyl (C=O) groups excluding carboxylic acids is 1. The largest absolute Gasteiger partial charge is 0.380 e. The first-order valence-corrected chi connectivity index (χ1v) is 9.83. The maximum absolute atomic E-state index is 13.1. The number of fused-ring (bicyclic) bond motifs is 1. The first-order valence-electron chi connectivity index (χ1n) is 9.83. The van der Waals surface area contributed by atoms with Crippen LogP contribution in [0, 0.1) is 5.41 Å². The van der Waals surface area contributed by atoms with Crippen molar-refractivity contribution in [1.29, 1.82) is 0 Å². The zero-order valence-corrected chi connectivity index (χ0v) is 15.4. The zero-order valence-electron chi connectivity index (χ0n) is 15.4. The molecule has 140 valence electrons. The van der Waals surface area contributed by atoms with Gasteiger partial charge in [-0.2, -0.15) is 0 Å². The molecule has 26 heavy (non-hydrogen) atoms. The van der Waals surface area contributed by atoms with Gasteiger partial charge in [0.25, 0.3) is 0 Å². The number of pyridine rings is 1. The second kappa shape index (κ2) is 7.89. The van der Waals surface area contributed by atoms with Crippen molar-refractivity contribution < 1.29 is 14.3 Å². The van der Waals surface area contributed by atoms with Crippen LogP contribution in [-0.4, -0.2) is 54.8 Å². The topological polar surface area (TPSA) is 51.7 Å². The summed E-state index contributed by atoms with van der Waals surface area (Å²) in [5.74, 6) is 0.275. The van der Waals surface area contributed by atoms with E-state index in [2.05, 4.69) is 16.0 Å². The van der Waals surface area contributed by atoms with Crippen LogP contribution in [0.15, 0.2) is 36.2 Å². The maximum atomic E-state index is 13.1. The van der Waals surface area contributed by atoms with Gasteiger partial charge in [0.1, 0.15) is 0 Å². The monoisotopic (exact) mass is 356 g/mol. The van der Waals surface area contributed by atoms with E-state index >= 15 is 0 Å². The summed E-state index contributed by atoms with van der Waals surface area (Å²) < 4.78 is 11.5. The molecule has 0 unspecified atom stereocenters. The molecule has 0 bridgehead atoms. The Balaban J connectivity index is 1.51. The number of hydrogen-bond acceptors (Lipinski definition) is 4. The van der Waals surface area contributed by atoms with E-state index < -0.39 is 0 Å². The van der Waals surface area contributed by atoms with Crippen molar-refractivity contribution in [2.24, 2.45) is 5.41 Å². The molecule has 3 aliphatic rings. The lowest BCUT2D eigenvalue weighted by Crippen LogP contribution is -2.59. The van der Waals surface area contributed by atoms with Crippen LogP contribution in [0.1, 0.15) is 37.7 Å². The molecule has 3 aliphatic heterocycles. The summed E-state index contributed by atoms with van der Waals surface area (Å²) in [7, 11) is 0. The van der Waals surface area contributed by atoms with Crippen molar-refractivity contribution in [2.75, 3.05) is 33.0 Å². The lowest BCUT2D eigenvalue weighted by atomic mass is 9.65. The fourth-order valence-corrected chi connectivity index (χ4v) is 4.92. The number of ether oxygens (including phenoxy) is 2. The Morgan fingerprint density at radius 1 is 1.35 bits per heavy atom. The van der Waals surface area contributed by atoms with E-state index in [1.165, 1.54) is 5.57 Å². The number of rotatable bonds is 4. The highest BCUT2D eigenvalue weighted by Gasteiger charge is 2.50. The highest BCUT2D eigenvalue weighted by atomic mass is 16.5. The second-order valence-corrected chi connectivity index (χ2v) is 7.62. The van der Waals surface area contributed by atoms with Gasteiger partial charge in [0, 0.05) is 43.4 Å². The standard InChI is InChI=1S/C21H28N2O3/c24-20(5-4-17-3-1-10-22-15-17)23-11-2-9-21(16-26-14-8-19(21)23)18-6-12-25-13-7-18/h1,3,6,10,15,19H,2,4-5,7-9,11-14,16H2/t19-,21-/m0/s1. The zero-order chi connectivity index (χ0) is 17.8. The number of aryl methyl sites for hydroxylation is 1. The molecule has 2 fully saturated rings. The van der Waals surface area contributed by atoms with E-state index in [-0.39, 0.29) is 17.4 Å². The van der Waals surface area contributed by atoms with Gasteiger partial charge in [-0.15, -0.1) is 0 Å². The summed E-state index contributed by atoms with van der Waals surface area (Å²) >= 11 is 0. The molecular formula is C21H28N2O3. The molecule has 1 amide bonds. The van der Waals surface area contributed by atoms with Crippen molar-refractivity contribution in [3.63, 3.8) is 0 Å². The fraction of sp³-hybridized carbons (Fsp3) is 0.619. The molecule has 1 aromatic heterocycles. The normalized spacial score (nSPS) is 29.0. The van der Waals surface area contributed by atoms with E-state index in [1.54, 1.807) is 6.20 Å². The molecule has 0 N–H and O–H groups in total. The molecule has 5 heteroatoms. The van der Waals surface area contributed by atoms with Crippen molar-refractivity contribution in [1.82, 2.24) is 9.88 Å². The Labute approximate surface area is 155 Å². The van der Waals surface area contributed by atoms with Gasteiger partial charge in [-0.1, -0.05) is 17.7 Å². The third-order valence-electron chi connectivity index (χ3n) is 6.20. The van der Waals surface area contributed by atoms with Gasteiger partial charge in [-0.3, -0.25) is 9.78 Å². The smallest absolute Gasteiger partial charge is 0.223 e. The fourth-order valence-electron chi connectivity index (χ4n) is 4.92. The van der Waals surface area contributed by atoms with Gasteiger partial charge in [0.2, 0.25) is 5.91 Å². The van der Waals surface area contributed by atoms with Crippen LogP contribution in [0.25, 0.3) is 0 Å². The van der Waals surface area contributed by atoms with E-state index in [9.17, 15) is 4.79 Å². The molecule has 0 aliphatic carbocycles. The number of nitrogens with zero attached hydrogens (tertiary/aromatic N) is 2. The Hall–Kier alpha value is -1.72. The van der Waals surface area contributed by atoms with Gasteiger partial charge in [-0.25, -0.2) is 0 Å². The van der Waals surface area contributed by atoms with Gasteiger partial charge >= 0.3 is 0 Å². The van der Waals surface area contributed by atoms with E-state index in [0.29, 0.717) is 13.0 Å². The molecule has 0 aromatic carbocycles. The molecule has 4 heterocycles. The van der Waals surface area contributed by atoms with Crippen molar-refractivity contribution in [3.8, 4) is 0 Å². The molecule has 5 nitrogen and oxygen atoms in total. The van der Waals surface area contributed by atoms with Gasteiger partial charge in [0.05, 0.1) is 19.8 Å². The summed E-state index contributed by atoms with van der Waals surface area (Å²) in [6.45, 7) is 3.86. The minimum Gasteiger partial charge on any atom is -0.380 e. The molecule has 2 saturated heterocycles. The molecule has 0 spiro atoms. The van der Waals surface area contributed by atoms with Crippen LogP contribution < -0.4 is 0 Å². The van der Waals surface area contributed by atoms with E-state index in [0.717, 1.165) is 64.0 Å². The Kier molecular flexibility index (Phi) is 5.36. The number of piperidine rings is 1. The number of aromatic nitrogens is 1. The van der Waals surface area contributed by atoms with Crippen molar-refractivity contribution in [2.45, 2.75) is 44.6 Å². The summed E-state index contributed by atoms with van der Waals surface area (Å²) in [5.41, 5.74) is 2.59. The summed E-state index contributed by atoms with van der Waals surface area (Å²) in [4.78, 5) is 19.4. The van der Waals surface area contributed by atoms with Crippen LogP contribution in [0.2, 0.25) is 0 Å². The number of carbonyl (C=O) groups is 1. The van der Waals surface area contributed by atoms with Crippen LogP contribution in [-0.2, 0) is 20.7 Å². The molecule has 0 radical (unpaired) electrons. The second-order valence-electron chi connectivity index (χ2n) is 7.62. The minimum atomic E-state index is 0.00421. The molecule has 2 atom stereocenters. The van der Waals surface area contributed by atoms with Crippen molar-refractivity contribution in [3.05, 3.63) is 41.7 Å². The molecule has 4 rings (SSSR count). The third kappa shape index (κ3) is 3.42. The third-order valence-corrected chi connectivity index (χ3v) is 6.20. The van der Waals surface area contributed by atoms with Crippen LogP contribution in [0.3, 0.4) is 0 Å². The number of hydrogen-bond donors (Lipinski definition) is 0. The highest BCUT2D eigenvalue weighted by molar-refractivity contribution is 5.77. The average molecular weight is 356 g/mol. The maximum Gasteiger partial charge on any atom is 0.223 e. The van der Waals surface area contributed by atoms with E-state index in [4.69, 9.17) is 9.47 Å². The molecule has 1 aromatic rings. The van der Waals surface area contributed by atoms with Crippen LogP contribution >= 0.6 is 0 Å². The predicted molar refractivity (Wildman–Crippen MR) is 98.7 cm³/mol. The Morgan fingerprint density at radius 2 is 2.31 bits per heavy atom. The van der Waals surface area contributed by atoms with Gasteiger partial charge in [0.15, 0.2) is 0 Å². The molecule has 0 saturated carbocycles. The molecular weight excluding hydrogens is 328 g/mol.